The number of hydrogen-bond donors (Lipinski definition) is 1. The third-order valence-corrected chi connectivity index (χ3v) is 6.01. The van der Waals surface area contributed by atoms with Gasteiger partial charge < -0.3 is 19.2 Å². The molecule has 2 heterocycles. The predicted molar refractivity (Wildman–Crippen MR) is 143 cm³/mol. The highest BCUT2D eigenvalue weighted by molar-refractivity contribution is 6.06. The molecule has 3 aromatic carbocycles. The fraction of sp³-hybridized carbons (Fsp3) is 0.133. The average Bonchev–Trinajstić information content (AvgIpc) is 3.31. The second-order valence-electron chi connectivity index (χ2n) is 8.38. The van der Waals surface area contributed by atoms with Crippen LogP contribution < -0.4 is 14.8 Å². The highest BCUT2D eigenvalue weighted by Crippen LogP contribution is 2.37. The molecule has 0 aliphatic carbocycles. The van der Waals surface area contributed by atoms with E-state index in [1.165, 1.54) is 0 Å². The summed E-state index contributed by atoms with van der Waals surface area (Å²) in [6.07, 6.45) is 5.07. The van der Waals surface area contributed by atoms with Gasteiger partial charge in [-0.25, -0.2) is 0 Å². The molecule has 36 heavy (non-hydrogen) atoms. The van der Waals surface area contributed by atoms with E-state index < -0.39 is 0 Å². The zero-order chi connectivity index (χ0) is 25.1. The van der Waals surface area contributed by atoms with Gasteiger partial charge in [0.05, 0.1) is 25.5 Å². The van der Waals surface area contributed by atoms with Crippen molar-refractivity contribution in [3.05, 3.63) is 90.8 Å². The molecule has 0 fully saturated rings. The highest BCUT2D eigenvalue weighted by atomic mass is 16.5. The first kappa shape index (κ1) is 23.2. The Morgan fingerprint density at radius 3 is 2.69 bits per heavy atom. The Bertz CT molecular complexity index is 1580. The van der Waals surface area contributed by atoms with Crippen molar-refractivity contribution in [1.29, 1.82) is 0 Å². The molecule has 1 N–H and O–H groups in total. The maximum absolute atomic E-state index is 12.8. The van der Waals surface area contributed by atoms with Crippen LogP contribution in [0, 0.1) is 0 Å². The van der Waals surface area contributed by atoms with E-state index in [1.807, 2.05) is 80.6 Å². The largest absolute Gasteiger partial charge is 0.496 e. The Morgan fingerprint density at radius 2 is 1.92 bits per heavy atom. The number of allylic oxidation sites excluding steroid dienone is 1. The monoisotopic (exact) mass is 478 g/mol. The van der Waals surface area contributed by atoms with Gasteiger partial charge in [-0.1, -0.05) is 18.2 Å². The van der Waals surface area contributed by atoms with Crippen LogP contribution in [0.4, 0.5) is 5.69 Å². The standard InChI is InChI=1S/C30H26N2O4/c1-4-35-23-10-7-20(8-11-23)26-18-36-29-17-28(34-3)24(16-25(26)29)19(2)14-30(33)32-22-9-12-27-21(15-22)6-5-13-31-27/h5-18H,4H2,1-3H3,(H,32,33)/b19-14+. The van der Waals surface area contributed by atoms with E-state index in [0.717, 1.165) is 44.3 Å². The Hall–Kier alpha value is -4.58. The average molecular weight is 479 g/mol. The molecule has 0 aliphatic heterocycles. The lowest BCUT2D eigenvalue weighted by atomic mass is 9.99. The summed E-state index contributed by atoms with van der Waals surface area (Å²) in [4.78, 5) is 17.2. The highest BCUT2D eigenvalue weighted by Gasteiger charge is 2.15. The molecule has 1 amide bonds. The normalized spacial score (nSPS) is 11.6. The van der Waals surface area contributed by atoms with E-state index in [4.69, 9.17) is 13.9 Å². The summed E-state index contributed by atoms with van der Waals surface area (Å²) in [7, 11) is 1.61. The fourth-order valence-corrected chi connectivity index (χ4v) is 4.26. The third-order valence-electron chi connectivity index (χ3n) is 6.01. The predicted octanol–water partition coefficient (Wildman–Crippen LogP) is 7.10. The number of fused-ring (bicyclic) bond motifs is 2. The first-order chi connectivity index (χ1) is 17.6. The number of ether oxygens (including phenoxy) is 2. The van der Waals surface area contributed by atoms with Gasteiger partial charge in [-0.2, -0.15) is 0 Å². The van der Waals surface area contributed by atoms with Crippen molar-refractivity contribution >= 4 is 39.0 Å². The summed E-state index contributed by atoms with van der Waals surface area (Å²) < 4.78 is 17.0. The number of carbonyl (C=O) groups is 1. The van der Waals surface area contributed by atoms with Crippen LogP contribution in [0.3, 0.4) is 0 Å². The van der Waals surface area contributed by atoms with E-state index in [-0.39, 0.29) is 5.91 Å². The van der Waals surface area contributed by atoms with Crippen LogP contribution in [0.2, 0.25) is 0 Å². The maximum Gasteiger partial charge on any atom is 0.248 e. The van der Waals surface area contributed by atoms with Gasteiger partial charge >= 0.3 is 0 Å². The van der Waals surface area contributed by atoms with Gasteiger partial charge in [0.1, 0.15) is 17.1 Å². The van der Waals surface area contributed by atoms with Crippen molar-refractivity contribution in [3.63, 3.8) is 0 Å². The van der Waals surface area contributed by atoms with Crippen LogP contribution in [0.25, 0.3) is 38.6 Å². The molecule has 180 valence electrons. The molecule has 5 rings (SSSR count). The number of furan rings is 1. The summed E-state index contributed by atoms with van der Waals surface area (Å²) in [6, 6.07) is 21.2. The quantitative estimate of drug-likeness (QED) is 0.253. The maximum atomic E-state index is 12.8. The summed E-state index contributed by atoms with van der Waals surface area (Å²) in [5.41, 5.74) is 5.85. The molecule has 5 aromatic rings. The first-order valence-corrected chi connectivity index (χ1v) is 11.7. The number of benzene rings is 3. The molecule has 0 atom stereocenters. The SMILES string of the molecule is CCOc1ccc(-c2coc3cc(OC)c(/C(C)=C/C(=O)Nc4ccc5ncccc5c4)cc23)cc1. The van der Waals surface area contributed by atoms with Gasteiger partial charge in [-0.3, -0.25) is 9.78 Å². The number of nitrogens with one attached hydrogen (secondary N) is 1. The van der Waals surface area contributed by atoms with Gasteiger partial charge in [0, 0.05) is 45.9 Å². The molecule has 2 aromatic heterocycles. The van der Waals surface area contributed by atoms with E-state index in [9.17, 15) is 4.79 Å². The Balaban J connectivity index is 1.45. The minimum atomic E-state index is -0.225. The molecule has 0 unspecified atom stereocenters. The van der Waals surface area contributed by atoms with E-state index >= 15 is 0 Å². The number of pyridine rings is 1. The van der Waals surface area contributed by atoms with Crippen molar-refractivity contribution in [2.75, 3.05) is 19.0 Å². The zero-order valence-electron chi connectivity index (χ0n) is 20.4. The lowest BCUT2D eigenvalue weighted by Gasteiger charge is -2.11. The zero-order valence-corrected chi connectivity index (χ0v) is 20.4. The van der Waals surface area contributed by atoms with E-state index in [2.05, 4.69) is 10.3 Å². The van der Waals surface area contributed by atoms with Gasteiger partial charge in [0.25, 0.3) is 0 Å². The summed E-state index contributed by atoms with van der Waals surface area (Å²) in [5, 5.41) is 4.84. The smallest absolute Gasteiger partial charge is 0.248 e. The van der Waals surface area contributed by atoms with E-state index in [1.54, 1.807) is 25.6 Å². The molecular weight excluding hydrogens is 452 g/mol. The summed E-state index contributed by atoms with van der Waals surface area (Å²) >= 11 is 0. The summed E-state index contributed by atoms with van der Waals surface area (Å²) in [5.74, 6) is 1.23. The Morgan fingerprint density at radius 1 is 1.08 bits per heavy atom. The second kappa shape index (κ2) is 9.96. The van der Waals surface area contributed by atoms with Crippen LogP contribution in [0.1, 0.15) is 19.4 Å². The molecule has 0 bridgehead atoms. The number of anilines is 1. The molecule has 0 saturated heterocycles. The number of rotatable bonds is 7. The second-order valence-corrected chi connectivity index (χ2v) is 8.38. The van der Waals surface area contributed by atoms with Gasteiger partial charge in [-0.05, 0) is 67.4 Å². The summed E-state index contributed by atoms with van der Waals surface area (Å²) in [6.45, 7) is 4.47. The third kappa shape index (κ3) is 4.66. The molecular formula is C30H26N2O4. The molecule has 0 radical (unpaired) electrons. The molecule has 6 heteroatoms. The van der Waals surface area contributed by atoms with Crippen LogP contribution in [-0.2, 0) is 4.79 Å². The van der Waals surface area contributed by atoms with E-state index in [0.29, 0.717) is 23.6 Å². The Labute approximate surface area is 209 Å². The molecule has 0 saturated carbocycles. The molecule has 0 aliphatic rings. The van der Waals surface area contributed by atoms with Crippen molar-refractivity contribution in [3.8, 4) is 22.6 Å². The van der Waals surface area contributed by atoms with Crippen molar-refractivity contribution in [1.82, 2.24) is 4.98 Å². The van der Waals surface area contributed by atoms with Gasteiger partial charge in [0.15, 0.2) is 0 Å². The lowest BCUT2D eigenvalue weighted by Crippen LogP contribution is -2.08. The molecule has 6 nitrogen and oxygen atoms in total. The topological polar surface area (TPSA) is 73.6 Å². The van der Waals surface area contributed by atoms with Gasteiger partial charge in [0.2, 0.25) is 5.91 Å². The minimum Gasteiger partial charge on any atom is -0.496 e. The molecule has 0 spiro atoms. The van der Waals surface area contributed by atoms with Crippen LogP contribution >= 0.6 is 0 Å². The number of aromatic nitrogens is 1. The lowest BCUT2D eigenvalue weighted by molar-refractivity contribution is -0.111. The van der Waals surface area contributed by atoms with Crippen molar-refractivity contribution < 1.29 is 18.7 Å². The van der Waals surface area contributed by atoms with Crippen LogP contribution in [0.15, 0.2) is 89.7 Å². The first-order valence-electron chi connectivity index (χ1n) is 11.7. The van der Waals surface area contributed by atoms with Crippen LogP contribution in [0.5, 0.6) is 11.5 Å². The number of carbonyl (C=O) groups excluding carboxylic acids is 1. The van der Waals surface area contributed by atoms with Gasteiger partial charge in [-0.15, -0.1) is 0 Å². The number of nitrogens with zero attached hydrogens (tertiary/aromatic N) is 1. The number of amides is 1. The number of methoxy groups -OCH3 is 1. The van der Waals surface area contributed by atoms with Crippen molar-refractivity contribution in [2.24, 2.45) is 0 Å². The van der Waals surface area contributed by atoms with Crippen molar-refractivity contribution in [2.45, 2.75) is 13.8 Å². The Kier molecular flexibility index (Phi) is 6.41. The fourth-order valence-electron chi connectivity index (χ4n) is 4.26. The number of hydrogen-bond acceptors (Lipinski definition) is 5. The van der Waals surface area contributed by atoms with Crippen LogP contribution in [-0.4, -0.2) is 24.6 Å². The minimum absolute atomic E-state index is 0.225.